The van der Waals surface area contributed by atoms with Gasteiger partial charge in [-0.05, 0) is 75.8 Å². The summed E-state index contributed by atoms with van der Waals surface area (Å²) < 4.78 is 46.2. The molecule has 5 rings (SSSR count). The van der Waals surface area contributed by atoms with Crippen molar-refractivity contribution in [2.45, 2.75) is 62.9 Å². The van der Waals surface area contributed by atoms with Gasteiger partial charge in [0.25, 0.3) is 0 Å². The molecule has 9 heteroatoms. The molecule has 3 atom stereocenters. The number of ether oxygens (including phenoxy) is 1. The van der Waals surface area contributed by atoms with E-state index in [-0.39, 0.29) is 35.2 Å². The molecule has 1 amide bonds. The highest BCUT2D eigenvalue weighted by Gasteiger charge is 2.59. The minimum absolute atomic E-state index is 0.0515. The molecule has 0 saturated heterocycles. The third kappa shape index (κ3) is 5.21. The average Bonchev–Trinajstić information content (AvgIpc) is 2.80. The molecule has 4 fully saturated rings. The zero-order valence-corrected chi connectivity index (χ0v) is 21.1. The van der Waals surface area contributed by atoms with Crippen LogP contribution >= 0.6 is 0 Å². The molecule has 190 valence electrons. The fourth-order valence-corrected chi connectivity index (χ4v) is 7.72. The lowest BCUT2D eigenvalue weighted by Crippen LogP contribution is -2.61. The first-order valence-electron chi connectivity index (χ1n) is 12.1. The van der Waals surface area contributed by atoms with Gasteiger partial charge in [0.05, 0.1) is 12.5 Å². The van der Waals surface area contributed by atoms with Crippen LogP contribution in [0.3, 0.4) is 0 Å². The predicted molar refractivity (Wildman–Crippen MR) is 129 cm³/mol. The van der Waals surface area contributed by atoms with Crippen LogP contribution in [0.5, 0.6) is 0 Å². The van der Waals surface area contributed by atoms with Crippen molar-refractivity contribution in [2.24, 2.45) is 23.2 Å². The average molecular weight is 505 g/mol. The van der Waals surface area contributed by atoms with Crippen LogP contribution in [0.4, 0.5) is 4.39 Å². The Morgan fingerprint density at radius 2 is 1.83 bits per heavy atom. The van der Waals surface area contributed by atoms with Gasteiger partial charge in [-0.3, -0.25) is 9.59 Å². The predicted octanol–water partition coefficient (Wildman–Crippen LogP) is 3.48. The molecule has 1 aromatic rings. The molecule has 4 aliphatic carbocycles. The van der Waals surface area contributed by atoms with Gasteiger partial charge in [0.1, 0.15) is 10.7 Å². The highest BCUT2D eigenvalue weighted by molar-refractivity contribution is 7.89. The van der Waals surface area contributed by atoms with E-state index in [1.807, 2.05) is 0 Å². The summed E-state index contributed by atoms with van der Waals surface area (Å²) in [5, 5.41) is 3.19. The molecule has 35 heavy (non-hydrogen) atoms. The summed E-state index contributed by atoms with van der Waals surface area (Å²) in [5.74, 6) is -0.0118. The molecule has 0 aliphatic heterocycles. The molecule has 1 aromatic carbocycles. The molecule has 4 bridgehead atoms. The van der Waals surface area contributed by atoms with Crippen LogP contribution in [0.15, 0.2) is 53.0 Å². The number of halogens is 1. The van der Waals surface area contributed by atoms with Crippen LogP contribution in [-0.2, 0) is 24.3 Å². The van der Waals surface area contributed by atoms with Crippen molar-refractivity contribution in [3.8, 4) is 0 Å². The molecule has 4 saturated carbocycles. The van der Waals surface area contributed by atoms with Gasteiger partial charge in [0.15, 0.2) is 0 Å². The second-order valence-corrected chi connectivity index (χ2v) is 12.0. The quantitative estimate of drug-likeness (QED) is 0.321. The molecule has 0 radical (unpaired) electrons. The Morgan fingerprint density at radius 1 is 1.17 bits per heavy atom. The second kappa shape index (κ2) is 9.85. The summed E-state index contributed by atoms with van der Waals surface area (Å²) in [6, 6.07) is 4.64. The molecule has 0 spiro atoms. The van der Waals surface area contributed by atoms with E-state index in [1.165, 1.54) is 25.3 Å². The molecule has 0 heterocycles. The number of allylic oxidation sites excluding steroid dienone is 2. The lowest BCUT2D eigenvalue weighted by Gasteiger charge is -2.58. The summed E-state index contributed by atoms with van der Waals surface area (Å²) in [7, 11) is -2.56. The maximum absolute atomic E-state index is 13.8. The maximum Gasteiger partial charge on any atom is 0.311 e. The van der Waals surface area contributed by atoms with Crippen molar-refractivity contribution in [3.05, 3.63) is 53.9 Å². The lowest BCUT2D eigenvalue weighted by atomic mass is 9.48. The fraction of sp³-hybridized carbons (Fsp3) is 0.538. The minimum atomic E-state index is -4.01. The van der Waals surface area contributed by atoms with Crippen LogP contribution in [-0.4, -0.2) is 39.5 Å². The van der Waals surface area contributed by atoms with Crippen LogP contribution in [0.1, 0.15) is 46.0 Å². The first-order chi connectivity index (χ1) is 16.5. The lowest BCUT2D eigenvalue weighted by molar-refractivity contribution is -0.171. The Kier molecular flexibility index (Phi) is 7.20. The normalized spacial score (nSPS) is 30.9. The van der Waals surface area contributed by atoms with E-state index in [0.29, 0.717) is 11.5 Å². The smallest absolute Gasteiger partial charge is 0.311 e. The third-order valence-electron chi connectivity index (χ3n) is 7.76. The number of hydrogen-bond acceptors (Lipinski definition) is 5. The van der Waals surface area contributed by atoms with Crippen molar-refractivity contribution in [1.29, 1.82) is 0 Å². The molecule has 0 aromatic heterocycles. The van der Waals surface area contributed by atoms with Gasteiger partial charge in [-0.25, -0.2) is 17.5 Å². The summed E-state index contributed by atoms with van der Waals surface area (Å²) in [4.78, 5) is 24.9. The van der Waals surface area contributed by atoms with Crippen molar-refractivity contribution in [3.63, 3.8) is 0 Å². The molecule has 4 aliphatic rings. The molecule has 3 unspecified atom stereocenters. The van der Waals surface area contributed by atoms with Gasteiger partial charge in [0.2, 0.25) is 15.9 Å². The van der Waals surface area contributed by atoms with Crippen molar-refractivity contribution in [2.75, 3.05) is 7.11 Å². The molecular formula is C26H33FN2O5S. The molecule has 7 nitrogen and oxygen atoms in total. The first kappa shape index (κ1) is 25.6. The van der Waals surface area contributed by atoms with E-state index in [2.05, 4.69) is 10.0 Å². The Balaban J connectivity index is 1.35. The van der Waals surface area contributed by atoms with Gasteiger partial charge in [-0.2, -0.15) is 0 Å². The van der Waals surface area contributed by atoms with Gasteiger partial charge in [-0.1, -0.05) is 30.4 Å². The minimum Gasteiger partial charge on any atom is -0.469 e. The van der Waals surface area contributed by atoms with Crippen molar-refractivity contribution in [1.82, 2.24) is 10.0 Å². The number of carbonyl (C=O) groups excluding carboxylic acids is 2. The van der Waals surface area contributed by atoms with Gasteiger partial charge >= 0.3 is 5.97 Å². The maximum atomic E-state index is 13.8. The number of carbonyl (C=O) groups is 2. The van der Waals surface area contributed by atoms with Crippen LogP contribution < -0.4 is 10.0 Å². The number of sulfonamides is 1. The number of methoxy groups -OCH3 is 1. The van der Waals surface area contributed by atoms with E-state index in [1.54, 1.807) is 32.1 Å². The molecule has 2 N–H and O–H groups in total. The highest BCUT2D eigenvalue weighted by atomic mass is 32.2. The SMILES string of the molecule is COC(=O)C12CC3CC(C1)C(NC(=O)/C(C)=C/C=C\C(C)NS(=O)(=O)c1ccccc1F)C(C3)C2. The van der Waals surface area contributed by atoms with Crippen LogP contribution in [0, 0.1) is 29.0 Å². The fourth-order valence-electron chi connectivity index (χ4n) is 6.44. The van der Waals surface area contributed by atoms with E-state index in [4.69, 9.17) is 4.74 Å². The first-order valence-corrected chi connectivity index (χ1v) is 13.5. The monoisotopic (exact) mass is 504 g/mol. The topological polar surface area (TPSA) is 102 Å². The summed E-state index contributed by atoms with van der Waals surface area (Å²) >= 11 is 0. The van der Waals surface area contributed by atoms with Crippen LogP contribution in [0.2, 0.25) is 0 Å². The Bertz CT molecular complexity index is 1150. The van der Waals surface area contributed by atoms with Crippen molar-refractivity contribution < 1.29 is 27.1 Å². The van der Waals surface area contributed by atoms with E-state index in [0.717, 1.165) is 38.2 Å². The number of esters is 1. The second-order valence-electron chi connectivity index (χ2n) is 10.3. The summed E-state index contributed by atoms with van der Waals surface area (Å²) in [5.41, 5.74) is 0.119. The Labute approximate surface area is 206 Å². The van der Waals surface area contributed by atoms with Gasteiger partial charge in [-0.15, -0.1) is 0 Å². The number of rotatable bonds is 8. The number of amides is 1. The number of nitrogens with one attached hydrogen (secondary N) is 2. The highest BCUT2D eigenvalue weighted by Crippen LogP contribution is 2.60. The molecular weight excluding hydrogens is 471 g/mol. The zero-order chi connectivity index (χ0) is 25.4. The van der Waals surface area contributed by atoms with Gasteiger partial charge < -0.3 is 10.1 Å². The third-order valence-corrected chi connectivity index (χ3v) is 9.35. The Hall–Kier alpha value is -2.52. The number of benzene rings is 1. The van der Waals surface area contributed by atoms with Crippen molar-refractivity contribution >= 4 is 21.9 Å². The summed E-state index contributed by atoms with van der Waals surface area (Å²) in [6.45, 7) is 3.34. The largest absolute Gasteiger partial charge is 0.469 e. The zero-order valence-electron chi connectivity index (χ0n) is 20.3. The van der Waals surface area contributed by atoms with Gasteiger partial charge in [0, 0.05) is 17.7 Å². The van der Waals surface area contributed by atoms with E-state index < -0.39 is 26.8 Å². The van der Waals surface area contributed by atoms with Crippen LogP contribution in [0.25, 0.3) is 0 Å². The Morgan fingerprint density at radius 3 is 2.46 bits per heavy atom. The standard InChI is InChI=1S/C26H33FN2O5S/c1-16(7-6-8-17(2)29-35(32,33)22-10-5-4-9-21(22)27)24(30)28-23-19-11-18-12-20(23)15-26(13-18,14-19)25(31)34-3/h4-10,17-20,23,29H,11-15H2,1-3H3,(H,28,30)/b8-6-,16-7+. The van der Waals surface area contributed by atoms with E-state index >= 15 is 0 Å². The van der Waals surface area contributed by atoms with E-state index in [9.17, 15) is 22.4 Å². The summed E-state index contributed by atoms with van der Waals surface area (Å²) in [6.07, 6.45) is 9.33. The number of hydrogen-bond donors (Lipinski definition) is 2.